The van der Waals surface area contributed by atoms with E-state index in [-0.39, 0.29) is 11.8 Å². The maximum absolute atomic E-state index is 9.66. The fourth-order valence-electron chi connectivity index (χ4n) is 2.72. The number of hydrogen-bond donors (Lipinski definition) is 0. The van der Waals surface area contributed by atoms with Gasteiger partial charge < -0.3 is 9.47 Å². The van der Waals surface area contributed by atoms with Crippen molar-refractivity contribution >= 4 is 0 Å². The van der Waals surface area contributed by atoms with Gasteiger partial charge in [0.05, 0.1) is 26.2 Å². The molecule has 114 valence electrons. The van der Waals surface area contributed by atoms with E-state index in [1.54, 1.807) is 14.2 Å². The fourth-order valence-corrected chi connectivity index (χ4v) is 2.72. The Morgan fingerprint density at radius 1 is 0.864 bits per heavy atom. The van der Waals surface area contributed by atoms with Gasteiger partial charge in [-0.25, -0.2) is 0 Å². The van der Waals surface area contributed by atoms with Crippen LogP contribution in [0.25, 0.3) is 0 Å². The lowest BCUT2D eigenvalue weighted by Gasteiger charge is -2.22. The van der Waals surface area contributed by atoms with Crippen molar-refractivity contribution in [1.82, 2.24) is 0 Å². The first-order valence-corrected chi connectivity index (χ1v) is 7.41. The molecule has 0 bridgehead atoms. The Morgan fingerprint density at radius 2 is 1.32 bits per heavy atom. The Labute approximate surface area is 132 Å². The van der Waals surface area contributed by atoms with Gasteiger partial charge in [-0.2, -0.15) is 5.26 Å². The van der Waals surface area contributed by atoms with Crippen molar-refractivity contribution in [3.63, 3.8) is 0 Å². The van der Waals surface area contributed by atoms with Crippen LogP contribution in [0, 0.1) is 11.3 Å². The van der Waals surface area contributed by atoms with Gasteiger partial charge in [-0.05, 0) is 41.8 Å². The average molecular weight is 295 g/mol. The normalized spacial score (nSPS) is 13.0. The SMILES string of the molecule is CCC(c1ccc(OC)cc1)C(C#N)c1ccc(OC)cc1. The Kier molecular flexibility index (Phi) is 5.43. The zero-order valence-corrected chi connectivity index (χ0v) is 13.2. The molecule has 3 heteroatoms. The highest BCUT2D eigenvalue weighted by Crippen LogP contribution is 2.36. The van der Waals surface area contributed by atoms with E-state index in [1.807, 2.05) is 48.5 Å². The summed E-state index contributed by atoms with van der Waals surface area (Å²) in [5.41, 5.74) is 2.18. The van der Waals surface area contributed by atoms with E-state index in [1.165, 1.54) is 0 Å². The molecule has 0 N–H and O–H groups in total. The molecule has 22 heavy (non-hydrogen) atoms. The molecule has 0 heterocycles. The van der Waals surface area contributed by atoms with E-state index < -0.39 is 0 Å². The Morgan fingerprint density at radius 3 is 1.68 bits per heavy atom. The van der Waals surface area contributed by atoms with Gasteiger partial charge in [0.1, 0.15) is 11.5 Å². The smallest absolute Gasteiger partial charge is 0.118 e. The van der Waals surface area contributed by atoms with Gasteiger partial charge >= 0.3 is 0 Å². The molecule has 0 fully saturated rings. The van der Waals surface area contributed by atoms with Crippen molar-refractivity contribution in [2.45, 2.75) is 25.2 Å². The van der Waals surface area contributed by atoms with Gasteiger partial charge in [-0.3, -0.25) is 0 Å². The van der Waals surface area contributed by atoms with Crippen LogP contribution in [0.5, 0.6) is 11.5 Å². The fraction of sp³-hybridized carbons (Fsp3) is 0.316. The van der Waals surface area contributed by atoms with Gasteiger partial charge in [0.2, 0.25) is 0 Å². The maximum Gasteiger partial charge on any atom is 0.118 e. The molecule has 3 nitrogen and oxygen atoms in total. The third-order valence-corrected chi connectivity index (χ3v) is 4.00. The van der Waals surface area contributed by atoms with E-state index in [0.29, 0.717) is 0 Å². The summed E-state index contributed by atoms with van der Waals surface area (Å²) in [6.07, 6.45) is 0.899. The lowest BCUT2D eigenvalue weighted by Crippen LogP contribution is -2.09. The van der Waals surface area contributed by atoms with Crippen molar-refractivity contribution in [3.8, 4) is 17.6 Å². The second kappa shape index (κ2) is 7.51. The van der Waals surface area contributed by atoms with E-state index in [4.69, 9.17) is 9.47 Å². The van der Waals surface area contributed by atoms with Crippen LogP contribution < -0.4 is 9.47 Å². The Hall–Kier alpha value is -2.47. The van der Waals surface area contributed by atoms with Gasteiger partial charge in [0.25, 0.3) is 0 Å². The molecule has 0 spiro atoms. The molecule has 0 saturated heterocycles. The first-order valence-electron chi connectivity index (χ1n) is 7.41. The topological polar surface area (TPSA) is 42.2 Å². The van der Waals surface area contributed by atoms with Crippen LogP contribution in [0.4, 0.5) is 0 Å². The number of nitriles is 1. The first kappa shape index (κ1) is 15.9. The van der Waals surface area contributed by atoms with E-state index in [9.17, 15) is 5.26 Å². The van der Waals surface area contributed by atoms with E-state index in [2.05, 4.69) is 13.0 Å². The zero-order chi connectivity index (χ0) is 15.9. The quantitative estimate of drug-likeness (QED) is 0.787. The molecule has 0 aliphatic heterocycles. The van der Waals surface area contributed by atoms with E-state index >= 15 is 0 Å². The number of methoxy groups -OCH3 is 2. The highest BCUT2D eigenvalue weighted by atomic mass is 16.5. The molecule has 2 unspecified atom stereocenters. The molecule has 2 atom stereocenters. The molecular formula is C19H21NO2. The third-order valence-electron chi connectivity index (χ3n) is 4.00. The number of ether oxygens (including phenoxy) is 2. The predicted molar refractivity (Wildman–Crippen MR) is 87.4 cm³/mol. The molecule has 0 aliphatic carbocycles. The van der Waals surface area contributed by atoms with Crippen LogP contribution in [0.1, 0.15) is 36.3 Å². The van der Waals surface area contributed by atoms with Crippen molar-refractivity contribution in [2.75, 3.05) is 14.2 Å². The summed E-state index contributed by atoms with van der Waals surface area (Å²) in [7, 11) is 3.30. The zero-order valence-electron chi connectivity index (χ0n) is 13.2. The van der Waals surface area contributed by atoms with Crippen LogP contribution in [-0.2, 0) is 0 Å². The van der Waals surface area contributed by atoms with Crippen molar-refractivity contribution in [3.05, 3.63) is 59.7 Å². The van der Waals surface area contributed by atoms with Gasteiger partial charge in [-0.15, -0.1) is 0 Å². The standard InChI is InChI=1S/C19H21NO2/c1-4-18(14-5-9-16(21-2)10-6-14)19(13-20)15-7-11-17(22-3)12-8-15/h5-12,18-19H,4H2,1-3H3. The van der Waals surface area contributed by atoms with Crippen LogP contribution in [0.15, 0.2) is 48.5 Å². The highest BCUT2D eigenvalue weighted by molar-refractivity contribution is 5.38. The molecular weight excluding hydrogens is 274 g/mol. The summed E-state index contributed by atoms with van der Waals surface area (Å²) in [4.78, 5) is 0. The van der Waals surface area contributed by atoms with Crippen molar-refractivity contribution < 1.29 is 9.47 Å². The highest BCUT2D eigenvalue weighted by Gasteiger charge is 2.23. The Bertz CT molecular complexity index is 626. The Balaban J connectivity index is 2.30. The van der Waals surface area contributed by atoms with Gasteiger partial charge in [-0.1, -0.05) is 31.2 Å². The number of rotatable bonds is 6. The number of hydrogen-bond acceptors (Lipinski definition) is 3. The van der Waals surface area contributed by atoms with Crippen LogP contribution >= 0.6 is 0 Å². The molecule has 2 rings (SSSR count). The minimum atomic E-state index is -0.177. The minimum Gasteiger partial charge on any atom is -0.497 e. The molecule has 0 radical (unpaired) electrons. The lowest BCUT2D eigenvalue weighted by molar-refractivity contribution is 0.414. The summed E-state index contributed by atoms with van der Waals surface area (Å²) in [5, 5.41) is 9.66. The molecule has 0 saturated carbocycles. The van der Waals surface area contributed by atoms with Gasteiger partial charge in [0, 0.05) is 5.92 Å². The van der Waals surface area contributed by atoms with Gasteiger partial charge in [0.15, 0.2) is 0 Å². The van der Waals surface area contributed by atoms with Crippen molar-refractivity contribution in [1.29, 1.82) is 5.26 Å². The largest absolute Gasteiger partial charge is 0.497 e. The molecule has 0 aliphatic rings. The average Bonchev–Trinajstić information content (AvgIpc) is 2.60. The summed E-state index contributed by atoms with van der Waals surface area (Å²) in [5.74, 6) is 1.61. The second-order valence-electron chi connectivity index (χ2n) is 5.17. The summed E-state index contributed by atoms with van der Waals surface area (Å²) >= 11 is 0. The summed E-state index contributed by atoms with van der Waals surface area (Å²) in [6.45, 7) is 2.11. The van der Waals surface area contributed by atoms with Crippen LogP contribution in [-0.4, -0.2) is 14.2 Å². The second-order valence-corrected chi connectivity index (χ2v) is 5.17. The van der Waals surface area contributed by atoms with E-state index in [0.717, 1.165) is 29.0 Å². The van der Waals surface area contributed by atoms with Crippen LogP contribution in [0.2, 0.25) is 0 Å². The third kappa shape index (κ3) is 3.40. The number of benzene rings is 2. The molecule has 0 aromatic heterocycles. The molecule has 0 amide bonds. The summed E-state index contributed by atoms with van der Waals surface area (Å²) < 4.78 is 10.4. The monoisotopic (exact) mass is 295 g/mol. The lowest BCUT2D eigenvalue weighted by atomic mass is 9.80. The first-order chi connectivity index (χ1) is 10.7. The predicted octanol–water partition coefficient (Wildman–Crippen LogP) is 4.50. The summed E-state index contributed by atoms with van der Waals surface area (Å²) in [6, 6.07) is 18.2. The van der Waals surface area contributed by atoms with Crippen LogP contribution in [0.3, 0.4) is 0 Å². The molecule has 2 aromatic carbocycles. The number of nitrogens with zero attached hydrogens (tertiary/aromatic N) is 1. The van der Waals surface area contributed by atoms with Crippen molar-refractivity contribution in [2.24, 2.45) is 0 Å². The maximum atomic E-state index is 9.66. The minimum absolute atomic E-state index is 0.157. The molecule has 2 aromatic rings.